The Morgan fingerprint density at radius 1 is 1.17 bits per heavy atom. The molecule has 1 heterocycles. The third kappa shape index (κ3) is 3.77. The summed E-state index contributed by atoms with van der Waals surface area (Å²) in [4.78, 5) is 36.6. The number of nitrogens with two attached hydrogens (primary N) is 1. The van der Waals surface area contributed by atoms with Gasteiger partial charge in [-0.1, -0.05) is 12.8 Å². The van der Waals surface area contributed by atoms with E-state index in [1.165, 1.54) is 11.3 Å². The highest BCUT2D eigenvalue weighted by Gasteiger charge is 2.26. The number of hydrogen-bond donors (Lipinski definition) is 2. The van der Waals surface area contributed by atoms with Crippen molar-refractivity contribution in [3.05, 3.63) is 16.0 Å². The summed E-state index contributed by atoms with van der Waals surface area (Å²) >= 11 is 1.39. The second-order valence-electron chi connectivity index (χ2n) is 6.49. The molecule has 6 nitrogen and oxygen atoms in total. The summed E-state index contributed by atoms with van der Waals surface area (Å²) < 4.78 is 5.05. The van der Waals surface area contributed by atoms with E-state index < -0.39 is 11.8 Å². The predicted octanol–water partition coefficient (Wildman–Crippen LogP) is 2.40. The Morgan fingerprint density at radius 3 is 2.62 bits per heavy atom. The zero-order valence-corrected chi connectivity index (χ0v) is 14.4. The van der Waals surface area contributed by atoms with Gasteiger partial charge in [0.1, 0.15) is 5.00 Å². The summed E-state index contributed by atoms with van der Waals surface area (Å²) in [6.45, 7) is -0.327. The first-order valence-corrected chi connectivity index (χ1v) is 9.26. The van der Waals surface area contributed by atoms with Gasteiger partial charge in [-0.3, -0.25) is 14.4 Å². The molecule has 0 atom stereocenters. The third-order valence-electron chi connectivity index (χ3n) is 4.71. The van der Waals surface area contributed by atoms with Gasteiger partial charge < -0.3 is 15.8 Å². The van der Waals surface area contributed by atoms with E-state index >= 15 is 0 Å². The van der Waals surface area contributed by atoms with Crippen LogP contribution >= 0.6 is 11.3 Å². The van der Waals surface area contributed by atoms with Gasteiger partial charge in [-0.2, -0.15) is 0 Å². The number of primary amides is 1. The van der Waals surface area contributed by atoms with Crippen LogP contribution in [0, 0.1) is 5.92 Å². The van der Waals surface area contributed by atoms with Gasteiger partial charge in [-0.15, -0.1) is 11.3 Å². The summed E-state index contributed by atoms with van der Waals surface area (Å²) in [7, 11) is 0. The summed E-state index contributed by atoms with van der Waals surface area (Å²) in [5.74, 6) is -0.900. The summed E-state index contributed by atoms with van der Waals surface area (Å²) in [6.07, 6.45) is 7.56. The topological polar surface area (TPSA) is 98.5 Å². The Hall–Kier alpha value is -1.89. The largest absolute Gasteiger partial charge is 0.456 e. The molecule has 2 aliphatic carbocycles. The highest BCUT2D eigenvalue weighted by atomic mass is 32.1. The molecular weight excluding hydrogens is 328 g/mol. The highest BCUT2D eigenvalue weighted by molar-refractivity contribution is 7.17. The maximum atomic E-state index is 12.0. The molecule has 1 saturated carbocycles. The predicted molar refractivity (Wildman–Crippen MR) is 91.0 cm³/mol. The molecule has 7 heteroatoms. The lowest BCUT2D eigenvalue weighted by molar-refractivity contribution is -0.148. The molecule has 0 saturated heterocycles. The van der Waals surface area contributed by atoms with Crippen LogP contribution in [-0.4, -0.2) is 24.4 Å². The Morgan fingerprint density at radius 2 is 1.92 bits per heavy atom. The molecule has 0 bridgehead atoms. The number of amides is 2. The molecule has 0 aliphatic heterocycles. The van der Waals surface area contributed by atoms with Crippen LogP contribution in [0.25, 0.3) is 0 Å². The van der Waals surface area contributed by atoms with E-state index in [0.717, 1.165) is 55.4 Å². The van der Waals surface area contributed by atoms with Crippen LogP contribution in [0.4, 0.5) is 5.00 Å². The number of ether oxygens (including phenoxy) is 1. The fourth-order valence-corrected chi connectivity index (χ4v) is 4.88. The van der Waals surface area contributed by atoms with Crippen LogP contribution in [0.2, 0.25) is 0 Å². The van der Waals surface area contributed by atoms with Gasteiger partial charge in [0.2, 0.25) is 0 Å². The molecule has 0 spiro atoms. The zero-order valence-electron chi connectivity index (χ0n) is 13.6. The Bertz CT molecular complexity index is 662. The van der Waals surface area contributed by atoms with Crippen LogP contribution in [0.1, 0.15) is 59.3 Å². The monoisotopic (exact) mass is 350 g/mol. The summed E-state index contributed by atoms with van der Waals surface area (Å²) in [5.41, 5.74) is 6.83. The second kappa shape index (κ2) is 7.34. The molecule has 0 radical (unpaired) electrons. The Labute approximate surface area is 144 Å². The molecule has 130 valence electrons. The average Bonchev–Trinajstić information content (AvgIpc) is 3.21. The number of rotatable bonds is 6. The minimum absolute atomic E-state index is 0.327. The maximum absolute atomic E-state index is 12.0. The Balaban J connectivity index is 1.53. The lowest BCUT2D eigenvalue weighted by Crippen LogP contribution is -2.23. The maximum Gasteiger partial charge on any atom is 0.306 e. The molecule has 1 aromatic heterocycles. The number of hydrogen-bond acceptors (Lipinski definition) is 5. The number of aryl methyl sites for hydroxylation is 1. The van der Waals surface area contributed by atoms with Crippen LogP contribution < -0.4 is 11.1 Å². The number of esters is 1. The molecular formula is C17H22N2O4S. The van der Waals surface area contributed by atoms with E-state index in [0.29, 0.717) is 22.9 Å². The molecule has 2 aliphatic rings. The smallest absolute Gasteiger partial charge is 0.306 e. The molecule has 0 unspecified atom stereocenters. The summed E-state index contributed by atoms with van der Waals surface area (Å²) in [6, 6.07) is 0. The van der Waals surface area contributed by atoms with Crippen molar-refractivity contribution in [2.45, 2.75) is 51.4 Å². The SMILES string of the molecule is NC(=O)c1c(NC(=O)COC(=O)CC2CCCC2)sc2c1CCC2. The van der Waals surface area contributed by atoms with Crippen LogP contribution in [0.3, 0.4) is 0 Å². The number of carbonyl (C=O) groups is 3. The number of nitrogens with one attached hydrogen (secondary N) is 1. The fraction of sp³-hybridized carbons (Fsp3) is 0.588. The zero-order chi connectivity index (χ0) is 17.1. The summed E-state index contributed by atoms with van der Waals surface area (Å²) in [5, 5.41) is 3.15. The van der Waals surface area contributed by atoms with Gasteiger partial charge in [0, 0.05) is 11.3 Å². The highest BCUT2D eigenvalue weighted by Crippen LogP contribution is 2.38. The molecule has 24 heavy (non-hydrogen) atoms. The molecule has 1 aromatic rings. The molecule has 3 rings (SSSR count). The van der Waals surface area contributed by atoms with E-state index in [9.17, 15) is 14.4 Å². The molecule has 0 aromatic carbocycles. The van der Waals surface area contributed by atoms with Gasteiger partial charge in [0.05, 0.1) is 5.56 Å². The van der Waals surface area contributed by atoms with Crippen molar-refractivity contribution in [1.82, 2.24) is 0 Å². The van der Waals surface area contributed by atoms with Gasteiger partial charge >= 0.3 is 5.97 Å². The quantitative estimate of drug-likeness (QED) is 0.770. The van der Waals surface area contributed by atoms with Gasteiger partial charge in [-0.25, -0.2) is 0 Å². The second-order valence-corrected chi connectivity index (χ2v) is 7.59. The number of anilines is 1. The number of fused-ring (bicyclic) bond motifs is 1. The third-order valence-corrected chi connectivity index (χ3v) is 5.92. The lowest BCUT2D eigenvalue weighted by Gasteiger charge is -2.09. The van der Waals surface area contributed by atoms with E-state index in [2.05, 4.69) is 5.32 Å². The number of carbonyl (C=O) groups excluding carboxylic acids is 3. The van der Waals surface area contributed by atoms with Crippen molar-refractivity contribution in [2.24, 2.45) is 11.7 Å². The van der Waals surface area contributed by atoms with Crippen molar-refractivity contribution >= 4 is 34.1 Å². The van der Waals surface area contributed by atoms with Gasteiger partial charge in [0.25, 0.3) is 11.8 Å². The first-order chi connectivity index (χ1) is 11.5. The van der Waals surface area contributed by atoms with E-state index in [1.54, 1.807) is 0 Å². The first-order valence-electron chi connectivity index (χ1n) is 8.44. The van der Waals surface area contributed by atoms with Crippen LogP contribution in [-0.2, 0) is 27.2 Å². The first kappa shape index (κ1) is 17.0. The molecule has 1 fully saturated rings. The van der Waals surface area contributed by atoms with Crippen molar-refractivity contribution in [3.63, 3.8) is 0 Å². The van der Waals surface area contributed by atoms with E-state index in [1.807, 2.05) is 0 Å². The van der Waals surface area contributed by atoms with E-state index in [4.69, 9.17) is 10.5 Å². The standard InChI is InChI=1S/C17H22N2O4S/c18-16(22)15-11-6-3-7-12(11)24-17(15)19-13(20)9-23-14(21)8-10-4-1-2-5-10/h10H,1-9H2,(H2,18,22)(H,19,20). The molecule has 3 N–H and O–H groups in total. The molecule has 2 amide bonds. The van der Waals surface area contributed by atoms with Crippen molar-refractivity contribution in [1.29, 1.82) is 0 Å². The lowest BCUT2D eigenvalue weighted by atomic mass is 10.1. The number of thiophene rings is 1. The van der Waals surface area contributed by atoms with Gasteiger partial charge in [-0.05, 0) is 43.6 Å². The average molecular weight is 350 g/mol. The van der Waals surface area contributed by atoms with Crippen molar-refractivity contribution in [3.8, 4) is 0 Å². The normalized spacial score (nSPS) is 16.8. The minimum Gasteiger partial charge on any atom is -0.456 e. The van der Waals surface area contributed by atoms with E-state index in [-0.39, 0.29) is 12.6 Å². The van der Waals surface area contributed by atoms with Gasteiger partial charge in [0.15, 0.2) is 6.61 Å². The van der Waals surface area contributed by atoms with Crippen LogP contribution in [0.15, 0.2) is 0 Å². The minimum atomic E-state index is -0.525. The fourth-order valence-electron chi connectivity index (χ4n) is 3.57. The van der Waals surface area contributed by atoms with Crippen LogP contribution in [0.5, 0.6) is 0 Å². The Kier molecular flexibility index (Phi) is 5.18. The van der Waals surface area contributed by atoms with Crippen molar-refractivity contribution in [2.75, 3.05) is 11.9 Å². The van der Waals surface area contributed by atoms with Crippen molar-refractivity contribution < 1.29 is 19.1 Å².